The van der Waals surface area contributed by atoms with Gasteiger partial charge in [-0.1, -0.05) is 12.8 Å². The number of aromatic nitrogens is 4. The summed E-state index contributed by atoms with van der Waals surface area (Å²) in [5, 5.41) is 24.3. The molecule has 8 heteroatoms. The SMILES string of the molecule is COC(CCC1CC1)CC(=N)n1ccc(-c2ccnc(Nc3ccnn3C)c2)cc1=N. The summed E-state index contributed by atoms with van der Waals surface area (Å²) >= 11 is 0. The smallest absolute Gasteiger partial charge is 0.132 e. The largest absolute Gasteiger partial charge is 0.381 e. The lowest BCUT2D eigenvalue weighted by molar-refractivity contribution is 0.0972. The number of nitrogens with zero attached hydrogens (tertiary/aromatic N) is 4. The van der Waals surface area contributed by atoms with Crippen LogP contribution in [-0.4, -0.2) is 38.4 Å². The molecule has 4 rings (SSSR count). The van der Waals surface area contributed by atoms with Gasteiger partial charge in [0.15, 0.2) is 0 Å². The van der Waals surface area contributed by atoms with E-state index in [2.05, 4.69) is 15.4 Å². The number of methoxy groups -OCH3 is 1. The van der Waals surface area contributed by atoms with E-state index in [0.29, 0.717) is 18.1 Å². The van der Waals surface area contributed by atoms with Gasteiger partial charge in [0.25, 0.3) is 0 Å². The van der Waals surface area contributed by atoms with Gasteiger partial charge in [-0.3, -0.25) is 20.1 Å². The maximum absolute atomic E-state index is 8.48. The molecule has 0 aliphatic heterocycles. The van der Waals surface area contributed by atoms with Crippen molar-refractivity contribution in [1.29, 1.82) is 10.8 Å². The minimum Gasteiger partial charge on any atom is -0.381 e. The van der Waals surface area contributed by atoms with Crippen molar-refractivity contribution in [2.45, 2.75) is 38.2 Å². The molecule has 0 spiro atoms. The summed E-state index contributed by atoms with van der Waals surface area (Å²) in [5.74, 6) is 2.78. The van der Waals surface area contributed by atoms with Crippen LogP contribution in [0.4, 0.5) is 11.6 Å². The van der Waals surface area contributed by atoms with Crippen molar-refractivity contribution in [3.8, 4) is 11.1 Å². The molecule has 1 aliphatic carbocycles. The number of ether oxygens (including phenoxy) is 1. The maximum Gasteiger partial charge on any atom is 0.132 e. The molecule has 3 heterocycles. The molecule has 1 fully saturated rings. The standard InChI is InChI=1S/C23H29N7O/c1-29-23(8-11-27-29)28-22-14-17(7-10-26-22)18-9-12-30(20(24)13-18)21(25)15-19(31-2)6-5-16-3-4-16/h7-14,16,19,24-25H,3-6,15H2,1-2H3,(H,26,28). The van der Waals surface area contributed by atoms with Gasteiger partial charge in [-0.2, -0.15) is 5.10 Å². The highest BCUT2D eigenvalue weighted by Gasteiger charge is 2.23. The van der Waals surface area contributed by atoms with Gasteiger partial charge in [0.05, 0.1) is 12.3 Å². The highest BCUT2D eigenvalue weighted by atomic mass is 16.5. The molecule has 0 saturated heterocycles. The third-order valence-corrected chi connectivity index (χ3v) is 5.76. The number of rotatable bonds is 9. The molecule has 0 amide bonds. The summed E-state index contributed by atoms with van der Waals surface area (Å²) in [5.41, 5.74) is 2.13. The Labute approximate surface area is 181 Å². The van der Waals surface area contributed by atoms with Crippen molar-refractivity contribution >= 4 is 17.5 Å². The first-order valence-corrected chi connectivity index (χ1v) is 10.6. The normalized spacial score (nSPS) is 14.4. The second-order valence-electron chi connectivity index (χ2n) is 8.09. The minimum atomic E-state index is 0.0282. The Balaban J connectivity index is 1.46. The Hall–Kier alpha value is -3.26. The van der Waals surface area contributed by atoms with Gasteiger partial charge in [0.2, 0.25) is 0 Å². The molecule has 31 heavy (non-hydrogen) atoms. The van der Waals surface area contributed by atoms with Crippen LogP contribution in [0, 0.1) is 16.7 Å². The van der Waals surface area contributed by atoms with Crippen LogP contribution in [0.15, 0.2) is 48.9 Å². The third kappa shape index (κ3) is 5.27. The lowest BCUT2D eigenvalue weighted by Crippen LogP contribution is -2.29. The molecule has 3 aromatic rings. The van der Waals surface area contributed by atoms with Crippen molar-refractivity contribution in [1.82, 2.24) is 19.3 Å². The lowest BCUT2D eigenvalue weighted by atomic mass is 10.1. The van der Waals surface area contributed by atoms with E-state index in [1.54, 1.807) is 41.0 Å². The Bertz CT molecular complexity index is 1110. The number of nitrogens with one attached hydrogen (secondary N) is 3. The molecular weight excluding hydrogens is 390 g/mol. The van der Waals surface area contributed by atoms with E-state index in [0.717, 1.165) is 29.3 Å². The maximum atomic E-state index is 8.48. The van der Waals surface area contributed by atoms with E-state index in [9.17, 15) is 0 Å². The van der Waals surface area contributed by atoms with Crippen LogP contribution in [0.25, 0.3) is 11.1 Å². The molecule has 1 saturated carbocycles. The molecule has 8 nitrogen and oxygen atoms in total. The Kier molecular flexibility index (Phi) is 6.27. The zero-order chi connectivity index (χ0) is 21.8. The number of hydrogen-bond donors (Lipinski definition) is 3. The molecule has 0 bridgehead atoms. The van der Waals surface area contributed by atoms with E-state index < -0.39 is 0 Å². The van der Waals surface area contributed by atoms with Crippen LogP contribution in [0.2, 0.25) is 0 Å². The Morgan fingerprint density at radius 3 is 2.71 bits per heavy atom. The first-order chi connectivity index (χ1) is 15.0. The van der Waals surface area contributed by atoms with Gasteiger partial charge < -0.3 is 10.1 Å². The van der Waals surface area contributed by atoms with Crippen molar-refractivity contribution in [3.05, 3.63) is 54.4 Å². The van der Waals surface area contributed by atoms with Crippen LogP contribution in [0.1, 0.15) is 32.1 Å². The zero-order valence-corrected chi connectivity index (χ0v) is 18.0. The van der Waals surface area contributed by atoms with E-state index in [4.69, 9.17) is 15.6 Å². The van der Waals surface area contributed by atoms with Gasteiger partial charge in [-0.05, 0) is 54.2 Å². The fraction of sp³-hybridized carbons (Fsp3) is 0.391. The second-order valence-corrected chi connectivity index (χ2v) is 8.09. The first-order valence-electron chi connectivity index (χ1n) is 10.6. The molecule has 1 aliphatic rings. The summed E-state index contributed by atoms with van der Waals surface area (Å²) in [6, 6.07) is 9.45. The minimum absolute atomic E-state index is 0.0282. The second kappa shape index (κ2) is 9.26. The highest BCUT2D eigenvalue weighted by molar-refractivity contribution is 5.82. The monoisotopic (exact) mass is 419 g/mol. The van der Waals surface area contributed by atoms with Gasteiger partial charge >= 0.3 is 0 Å². The van der Waals surface area contributed by atoms with E-state index >= 15 is 0 Å². The fourth-order valence-electron chi connectivity index (χ4n) is 3.67. The van der Waals surface area contributed by atoms with Crippen LogP contribution in [0.3, 0.4) is 0 Å². The Morgan fingerprint density at radius 1 is 1.23 bits per heavy atom. The van der Waals surface area contributed by atoms with E-state index in [1.165, 1.54) is 19.3 Å². The van der Waals surface area contributed by atoms with Crippen LogP contribution in [-0.2, 0) is 11.8 Å². The molecule has 3 aromatic heterocycles. The average Bonchev–Trinajstić information content (AvgIpc) is 3.52. The molecule has 0 radical (unpaired) electrons. The number of anilines is 2. The van der Waals surface area contributed by atoms with Crippen molar-refractivity contribution in [2.75, 3.05) is 12.4 Å². The summed E-state index contributed by atoms with van der Waals surface area (Å²) in [4.78, 5) is 4.37. The topological polar surface area (TPSA) is 105 Å². The van der Waals surface area contributed by atoms with Crippen molar-refractivity contribution in [3.63, 3.8) is 0 Å². The first kappa shape index (κ1) is 21.0. The number of pyridine rings is 2. The van der Waals surface area contributed by atoms with Gasteiger partial charge in [0, 0.05) is 39.0 Å². The van der Waals surface area contributed by atoms with Crippen molar-refractivity contribution < 1.29 is 4.74 Å². The predicted molar refractivity (Wildman–Crippen MR) is 121 cm³/mol. The molecule has 0 aromatic carbocycles. The quantitative estimate of drug-likeness (QED) is 0.361. The summed E-state index contributed by atoms with van der Waals surface area (Å²) < 4.78 is 8.94. The van der Waals surface area contributed by atoms with Crippen LogP contribution < -0.4 is 10.8 Å². The summed E-state index contributed by atoms with van der Waals surface area (Å²) in [6.07, 6.45) is 10.6. The van der Waals surface area contributed by atoms with Gasteiger partial charge in [-0.15, -0.1) is 0 Å². The van der Waals surface area contributed by atoms with Gasteiger partial charge in [-0.25, -0.2) is 4.98 Å². The number of aryl methyl sites for hydroxylation is 1. The van der Waals surface area contributed by atoms with Crippen LogP contribution in [0.5, 0.6) is 0 Å². The zero-order valence-electron chi connectivity index (χ0n) is 18.0. The average molecular weight is 420 g/mol. The molecule has 1 atom stereocenters. The predicted octanol–water partition coefficient (Wildman–Crippen LogP) is 3.93. The molecular formula is C23H29N7O. The Morgan fingerprint density at radius 2 is 2.03 bits per heavy atom. The van der Waals surface area contributed by atoms with E-state index in [1.807, 2.05) is 31.3 Å². The van der Waals surface area contributed by atoms with Crippen molar-refractivity contribution in [2.24, 2.45) is 13.0 Å². The summed E-state index contributed by atoms with van der Waals surface area (Å²) in [6.45, 7) is 0. The molecule has 1 unspecified atom stereocenters. The molecule has 162 valence electrons. The fourth-order valence-corrected chi connectivity index (χ4v) is 3.67. The van der Waals surface area contributed by atoms with Crippen LogP contribution >= 0.6 is 0 Å². The van der Waals surface area contributed by atoms with Gasteiger partial charge in [0.1, 0.15) is 23.0 Å². The molecule has 3 N–H and O–H groups in total. The lowest BCUT2D eigenvalue weighted by Gasteiger charge is -2.17. The third-order valence-electron chi connectivity index (χ3n) is 5.76. The highest BCUT2D eigenvalue weighted by Crippen LogP contribution is 2.34. The van der Waals surface area contributed by atoms with E-state index in [-0.39, 0.29) is 11.6 Å². The summed E-state index contributed by atoms with van der Waals surface area (Å²) in [7, 11) is 3.57. The number of hydrogen-bond acceptors (Lipinski definition) is 6.